The Labute approximate surface area is 169 Å². The molecule has 6 nitrogen and oxygen atoms in total. The summed E-state index contributed by atoms with van der Waals surface area (Å²) < 4.78 is 32.4. The Morgan fingerprint density at radius 1 is 1.18 bits per heavy atom. The Morgan fingerprint density at radius 3 is 2.46 bits per heavy atom. The first kappa shape index (κ1) is 20.2. The zero-order valence-electron chi connectivity index (χ0n) is 14.3. The second-order valence-corrected chi connectivity index (χ2v) is 6.84. The molecule has 3 N–H and O–H groups in total. The van der Waals surface area contributed by atoms with Crippen LogP contribution >= 0.6 is 23.2 Å². The maximum atomic E-state index is 13.5. The van der Waals surface area contributed by atoms with E-state index in [2.05, 4.69) is 16.0 Å². The molecule has 0 aromatic heterocycles. The van der Waals surface area contributed by atoms with E-state index in [4.69, 9.17) is 27.9 Å². The number of carbonyl (C=O) groups is 2. The van der Waals surface area contributed by atoms with Crippen LogP contribution in [0.2, 0.25) is 10.0 Å². The van der Waals surface area contributed by atoms with Crippen molar-refractivity contribution in [2.75, 3.05) is 13.2 Å². The Bertz CT molecular complexity index is 914. The lowest BCUT2D eigenvalue weighted by Gasteiger charge is -2.22. The summed E-state index contributed by atoms with van der Waals surface area (Å²) in [6, 6.07) is 5.92. The molecule has 0 spiro atoms. The highest BCUT2D eigenvalue weighted by Gasteiger charge is 2.29. The predicted molar refractivity (Wildman–Crippen MR) is 99.5 cm³/mol. The quantitative estimate of drug-likeness (QED) is 0.659. The van der Waals surface area contributed by atoms with Crippen molar-refractivity contribution in [3.8, 4) is 5.75 Å². The van der Waals surface area contributed by atoms with Crippen molar-refractivity contribution in [1.29, 1.82) is 0 Å². The Kier molecular flexibility index (Phi) is 6.21. The summed E-state index contributed by atoms with van der Waals surface area (Å²) in [7, 11) is 0. The molecule has 10 heteroatoms. The standard InChI is InChI=1S/C18H15Cl2F2N3O3/c19-11-5-9(1-3-13(11)21)16(24-17(26)15-7-23-18(27)25-15)8-28-10-2-4-14(22)12(20)6-10/h1-6,15-16H,7-8H2,(H,24,26)(H2,23,25,27)/t15?,16-/m0/s1. The van der Waals surface area contributed by atoms with Crippen molar-refractivity contribution in [2.24, 2.45) is 0 Å². The van der Waals surface area contributed by atoms with E-state index >= 15 is 0 Å². The summed E-state index contributed by atoms with van der Waals surface area (Å²) in [5.74, 6) is -1.36. The van der Waals surface area contributed by atoms with Crippen molar-refractivity contribution in [1.82, 2.24) is 16.0 Å². The number of ether oxygens (including phenoxy) is 1. The molecule has 0 radical (unpaired) electrons. The molecule has 1 saturated heterocycles. The molecule has 2 atom stereocenters. The van der Waals surface area contributed by atoms with Crippen LogP contribution < -0.4 is 20.7 Å². The number of benzene rings is 2. The maximum absolute atomic E-state index is 13.5. The third kappa shape index (κ3) is 4.82. The van der Waals surface area contributed by atoms with Crippen LogP contribution in [0.5, 0.6) is 5.75 Å². The highest BCUT2D eigenvalue weighted by atomic mass is 35.5. The van der Waals surface area contributed by atoms with E-state index in [0.717, 1.165) is 6.07 Å². The Hall–Kier alpha value is -2.58. The van der Waals surface area contributed by atoms with Gasteiger partial charge in [0.15, 0.2) is 0 Å². The van der Waals surface area contributed by atoms with Crippen molar-refractivity contribution >= 4 is 35.1 Å². The molecule has 3 rings (SSSR count). The van der Waals surface area contributed by atoms with Gasteiger partial charge in [-0.15, -0.1) is 0 Å². The zero-order valence-corrected chi connectivity index (χ0v) is 15.8. The fraction of sp³-hybridized carbons (Fsp3) is 0.222. The van der Waals surface area contributed by atoms with Crippen LogP contribution in [-0.4, -0.2) is 31.1 Å². The van der Waals surface area contributed by atoms with Gasteiger partial charge in [0.05, 0.1) is 16.1 Å². The second kappa shape index (κ2) is 8.62. The molecule has 0 bridgehead atoms. The maximum Gasteiger partial charge on any atom is 0.315 e. The summed E-state index contributed by atoms with van der Waals surface area (Å²) in [6.07, 6.45) is 0. The molecule has 2 aromatic rings. The minimum atomic E-state index is -0.758. The molecule has 148 valence electrons. The first-order valence-electron chi connectivity index (χ1n) is 8.21. The lowest BCUT2D eigenvalue weighted by Crippen LogP contribution is -2.45. The molecule has 0 saturated carbocycles. The van der Waals surface area contributed by atoms with E-state index in [1.165, 1.54) is 30.3 Å². The fourth-order valence-corrected chi connectivity index (χ4v) is 2.94. The number of hydrogen-bond donors (Lipinski definition) is 3. The predicted octanol–water partition coefficient (Wildman–Crippen LogP) is 3.19. The average Bonchev–Trinajstić information content (AvgIpc) is 3.10. The van der Waals surface area contributed by atoms with Gasteiger partial charge >= 0.3 is 6.03 Å². The monoisotopic (exact) mass is 429 g/mol. The zero-order chi connectivity index (χ0) is 20.3. The normalized spacial score (nSPS) is 16.9. The van der Waals surface area contributed by atoms with Crippen molar-refractivity contribution < 1.29 is 23.1 Å². The van der Waals surface area contributed by atoms with E-state index in [1.807, 2.05) is 0 Å². The third-order valence-corrected chi connectivity index (χ3v) is 4.64. The number of rotatable bonds is 6. The number of amides is 3. The van der Waals surface area contributed by atoms with Gasteiger partial charge in [-0.2, -0.15) is 0 Å². The van der Waals surface area contributed by atoms with Crippen LogP contribution in [0.15, 0.2) is 36.4 Å². The molecule has 1 unspecified atom stereocenters. The van der Waals surface area contributed by atoms with E-state index in [1.54, 1.807) is 0 Å². The van der Waals surface area contributed by atoms with Crippen LogP contribution in [-0.2, 0) is 4.79 Å². The highest BCUT2D eigenvalue weighted by molar-refractivity contribution is 6.31. The first-order valence-corrected chi connectivity index (χ1v) is 8.96. The minimum Gasteiger partial charge on any atom is -0.491 e. The SMILES string of the molecule is O=C1NCC(C(=O)N[C@@H](COc2ccc(F)c(Cl)c2)c2ccc(F)c(Cl)c2)N1. The molecule has 3 amide bonds. The number of urea groups is 1. The van der Waals surface area contributed by atoms with E-state index in [-0.39, 0.29) is 28.9 Å². The molecule has 1 fully saturated rings. The van der Waals surface area contributed by atoms with Crippen LogP contribution in [0.4, 0.5) is 13.6 Å². The summed E-state index contributed by atoms with van der Waals surface area (Å²) in [5.41, 5.74) is 0.491. The third-order valence-electron chi connectivity index (χ3n) is 4.06. The van der Waals surface area contributed by atoms with Gasteiger partial charge in [0.2, 0.25) is 5.91 Å². The van der Waals surface area contributed by atoms with Gasteiger partial charge in [-0.25, -0.2) is 13.6 Å². The van der Waals surface area contributed by atoms with Gasteiger partial charge in [0, 0.05) is 12.6 Å². The van der Waals surface area contributed by atoms with Crippen LogP contribution in [0.3, 0.4) is 0 Å². The van der Waals surface area contributed by atoms with Crippen molar-refractivity contribution in [2.45, 2.75) is 12.1 Å². The lowest BCUT2D eigenvalue weighted by molar-refractivity contribution is -0.123. The molecule has 2 aromatic carbocycles. The average molecular weight is 430 g/mol. The molecule has 0 aliphatic carbocycles. The van der Waals surface area contributed by atoms with E-state index < -0.39 is 35.7 Å². The van der Waals surface area contributed by atoms with Gasteiger partial charge in [-0.1, -0.05) is 29.3 Å². The molecule has 1 aliphatic rings. The fourth-order valence-electron chi connectivity index (χ4n) is 2.58. The van der Waals surface area contributed by atoms with Gasteiger partial charge in [0.25, 0.3) is 0 Å². The van der Waals surface area contributed by atoms with Crippen molar-refractivity contribution in [3.05, 3.63) is 63.6 Å². The van der Waals surface area contributed by atoms with Crippen LogP contribution in [0.25, 0.3) is 0 Å². The van der Waals surface area contributed by atoms with Gasteiger partial charge in [0.1, 0.15) is 30.0 Å². The molecule has 1 aliphatic heterocycles. The Morgan fingerprint density at radius 2 is 1.86 bits per heavy atom. The molecular weight excluding hydrogens is 415 g/mol. The van der Waals surface area contributed by atoms with Gasteiger partial charge in [-0.3, -0.25) is 4.79 Å². The summed E-state index contributed by atoms with van der Waals surface area (Å²) in [6.45, 7) is 0.0692. The van der Waals surface area contributed by atoms with Crippen LogP contribution in [0.1, 0.15) is 11.6 Å². The number of halogens is 4. The molecule has 1 heterocycles. The largest absolute Gasteiger partial charge is 0.491 e. The summed E-state index contributed by atoms with van der Waals surface area (Å²) in [5, 5.41) is 7.47. The minimum absolute atomic E-state index is 0.0657. The van der Waals surface area contributed by atoms with E-state index in [9.17, 15) is 18.4 Å². The topological polar surface area (TPSA) is 79.5 Å². The van der Waals surface area contributed by atoms with Crippen LogP contribution in [0, 0.1) is 11.6 Å². The molecular formula is C18H15Cl2F2N3O3. The Balaban J connectivity index is 1.76. The van der Waals surface area contributed by atoms with Gasteiger partial charge < -0.3 is 20.7 Å². The summed E-state index contributed by atoms with van der Waals surface area (Å²) >= 11 is 11.6. The van der Waals surface area contributed by atoms with E-state index in [0.29, 0.717) is 5.56 Å². The molecule has 28 heavy (non-hydrogen) atoms. The number of nitrogens with one attached hydrogen (secondary N) is 3. The highest BCUT2D eigenvalue weighted by Crippen LogP contribution is 2.25. The van der Waals surface area contributed by atoms with Crippen molar-refractivity contribution in [3.63, 3.8) is 0 Å². The lowest BCUT2D eigenvalue weighted by atomic mass is 10.1. The second-order valence-electron chi connectivity index (χ2n) is 6.03. The summed E-state index contributed by atoms with van der Waals surface area (Å²) in [4.78, 5) is 23.7. The number of hydrogen-bond acceptors (Lipinski definition) is 3. The smallest absolute Gasteiger partial charge is 0.315 e. The van der Waals surface area contributed by atoms with Gasteiger partial charge in [-0.05, 0) is 29.8 Å². The first-order chi connectivity index (χ1) is 13.3. The number of carbonyl (C=O) groups excluding carboxylic acids is 2.